The van der Waals surface area contributed by atoms with Crippen molar-refractivity contribution in [3.8, 4) is 5.82 Å². The van der Waals surface area contributed by atoms with Crippen molar-refractivity contribution in [1.29, 1.82) is 0 Å². The Kier molecular flexibility index (Phi) is 5.81. The van der Waals surface area contributed by atoms with Gasteiger partial charge in [-0.2, -0.15) is 5.10 Å². The van der Waals surface area contributed by atoms with Crippen molar-refractivity contribution in [3.63, 3.8) is 0 Å². The molecule has 0 bridgehead atoms. The third kappa shape index (κ3) is 4.49. The standard InChI is InChI=1S/C20H22N4O2S/c1-14(2)19-17(12-22-24(19)18-9-4-5-10-21-18)20(25)23-16-8-6-7-15(11-16)13-27(3)26/h4-12,14H,13H2,1-3H3,(H,23,25). The molecule has 3 rings (SSSR count). The van der Waals surface area contributed by atoms with Crippen LogP contribution in [0.4, 0.5) is 5.69 Å². The van der Waals surface area contributed by atoms with Gasteiger partial charge in [0.15, 0.2) is 5.82 Å². The maximum absolute atomic E-state index is 12.9. The first kappa shape index (κ1) is 19.0. The van der Waals surface area contributed by atoms with Crippen LogP contribution in [0.5, 0.6) is 0 Å². The van der Waals surface area contributed by atoms with Crippen LogP contribution in [0.3, 0.4) is 0 Å². The van der Waals surface area contributed by atoms with Crippen LogP contribution < -0.4 is 5.32 Å². The van der Waals surface area contributed by atoms with E-state index in [1.165, 1.54) is 0 Å². The second kappa shape index (κ2) is 8.26. The highest BCUT2D eigenvalue weighted by Gasteiger charge is 2.21. The van der Waals surface area contributed by atoms with Gasteiger partial charge < -0.3 is 5.32 Å². The molecule has 1 amide bonds. The zero-order valence-corrected chi connectivity index (χ0v) is 16.4. The summed E-state index contributed by atoms with van der Waals surface area (Å²) in [4.78, 5) is 17.2. The minimum Gasteiger partial charge on any atom is -0.322 e. The number of pyridine rings is 1. The summed E-state index contributed by atoms with van der Waals surface area (Å²) in [6.45, 7) is 4.04. The average Bonchev–Trinajstić information content (AvgIpc) is 3.08. The number of rotatable bonds is 6. The van der Waals surface area contributed by atoms with Crippen LogP contribution >= 0.6 is 0 Å². The van der Waals surface area contributed by atoms with Crippen LogP contribution in [-0.4, -0.2) is 31.1 Å². The van der Waals surface area contributed by atoms with E-state index in [9.17, 15) is 9.00 Å². The Balaban J connectivity index is 1.89. The lowest BCUT2D eigenvalue weighted by Crippen LogP contribution is -2.16. The molecule has 2 heterocycles. The molecular formula is C20H22N4O2S. The van der Waals surface area contributed by atoms with Crippen molar-refractivity contribution in [2.75, 3.05) is 11.6 Å². The van der Waals surface area contributed by atoms with Gasteiger partial charge in [-0.3, -0.25) is 9.00 Å². The number of hydrogen-bond donors (Lipinski definition) is 1. The van der Waals surface area contributed by atoms with Gasteiger partial charge in [-0.15, -0.1) is 0 Å². The lowest BCUT2D eigenvalue weighted by atomic mass is 10.1. The molecule has 0 aliphatic carbocycles. The van der Waals surface area contributed by atoms with Gasteiger partial charge in [0.1, 0.15) is 0 Å². The molecule has 0 saturated carbocycles. The van der Waals surface area contributed by atoms with Crippen molar-refractivity contribution in [2.45, 2.75) is 25.5 Å². The zero-order valence-electron chi connectivity index (χ0n) is 15.5. The Labute approximate surface area is 161 Å². The molecule has 0 fully saturated rings. The van der Waals surface area contributed by atoms with Crippen LogP contribution in [0, 0.1) is 0 Å². The summed E-state index contributed by atoms with van der Waals surface area (Å²) in [5.41, 5.74) is 2.90. The minimum atomic E-state index is -0.934. The summed E-state index contributed by atoms with van der Waals surface area (Å²) in [6, 6.07) is 13.0. The fourth-order valence-corrected chi connectivity index (χ4v) is 3.57. The predicted octanol–water partition coefficient (Wildman–Crippen LogP) is 3.52. The number of nitrogens with one attached hydrogen (secondary N) is 1. The van der Waals surface area contributed by atoms with Crippen molar-refractivity contribution in [2.24, 2.45) is 0 Å². The summed E-state index contributed by atoms with van der Waals surface area (Å²) < 4.78 is 13.1. The van der Waals surface area contributed by atoms with Crippen LogP contribution in [0.15, 0.2) is 54.9 Å². The van der Waals surface area contributed by atoms with E-state index in [-0.39, 0.29) is 11.8 Å². The quantitative estimate of drug-likeness (QED) is 0.708. The van der Waals surface area contributed by atoms with Gasteiger partial charge in [-0.25, -0.2) is 9.67 Å². The van der Waals surface area contributed by atoms with Crippen LogP contribution in [0.1, 0.15) is 41.4 Å². The lowest BCUT2D eigenvalue weighted by Gasteiger charge is -2.12. The Morgan fingerprint density at radius 1 is 1.22 bits per heavy atom. The van der Waals surface area contributed by atoms with Crippen molar-refractivity contribution < 1.29 is 9.00 Å². The molecule has 0 aliphatic heterocycles. The molecule has 1 aromatic carbocycles. The lowest BCUT2D eigenvalue weighted by molar-refractivity contribution is 0.102. The molecule has 6 nitrogen and oxygen atoms in total. The van der Waals surface area contributed by atoms with Gasteiger partial charge in [-0.1, -0.05) is 32.0 Å². The highest BCUT2D eigenvalue weighted by atomic mass is 32.2. The number of nitrogens with zero attached hydrogens (tertiary/aromatic N) is 3. The number of benzene rings is 1. The van der Waals surface area contributed by atoms with Gasteiger partial charge in [0.2, 0.25) is 0 Å². The highest BCUT2D eigenvalue weighted by Crippen LogP contribution is 2.23. The van der Waals surface area contributed by atoms with Crippen molar-refractivity contribution in [1.82, 2.24) is 14.8 Å². The fourth-order valence-electron chi connectivity index (χ4n) is 2.92. The van der Waals surface area contributed by atoms with Crippen LogP contribution in [-0.2, 0) is 16.6 Å². The number of carbonyl (C=O) groups excluding carboxylic acids is 1. The number of hydrogen-bond acceptors (Lipinski definition) is 4. The van der Waals surface area contributed by atoms with E-state index >= 15 is 0 Å². The Morgan fingerprint density at radius 2 is 2.04 bits per heavy atom. The maximum Gasteiger partial charge on any atom is 0.259 e. The van der Waals surface area contributed by atoms with Gasteiger partial charge in [0, 0.05) is 34.7 Å². The summed E-state index contributed by atoms with van der Waals surface area (Å²) in [5.74, 6) is 0.992. The summed E-state index contributed by atoms with van der Waals surface area (Å²) in [6.07, 6.45) is 4.93. The fraction of sp³-hybridized carbons (Fsp3) is 0.250. The summed E-state index contributed by atoms with van der Waals surface area (Å²) >= 11 is 0. The van der Waals surface area contributed by atoms with Crippen molar-refractivity contribution >= 4 is 22.4 Å². The average molecular weight is 382 g/mol. The molecule has 140 valence electrons. The normalized spacial score (nSPS) is 12.1. The molecule has 27 heavy (non-hydrogen) atoms. The molecule has 7 heteroatoms. The molecule has 0 aliphatic rings. The zero-order chi connectivity index (χ0) is 19.4. The molecule has 1 atom stereocenters. The van der Waals surface area contributed by atoms with E-state index in [2.05, 4.69) is 15.4 Å². The van der Waals surface area contributed by atoms with Crippen molar-refractivity contribution in [3.05, 3.63) is 71.7 Å². The number of amides is 1. The third-order valence-corrected chi connectivity index (χ3v) is 4.76. The van der Waals surface area contributed by atoms with E-state index in [1.807, 2.05) is 56.3 Å². The molecule has 1 unspecified atom stereocenters. The monoisotopic (exact) mass is 382 g/mol. The molecule has 3 aromatic rings. The van der Waals surface area contributed by atoms with Gasteiger partial charge >= 0.3 is 0 Å². The second-order valence-electron chi connectivity index (χ2n) is 6.57. The maximum atomic E-state index is 12.9. The molecule has 0 radical (unpaired) electrons. The summed E-state index contributed by atoms with van der Waals surface area (Å²) in [7, 11) is -0.934. The Morgan fingerprint density at radius 3 is 2.70 bits per heavy atom. The number of aromatic nitrogens is 3. The Hall–Kier alpha value is -2.80. The molecule has 0 saturated heterocycles. The number of carbonyl (C=O) groups is 1. The van der Waals surface area contributed by atoms with Gasteiger partial charge in [0.25, 0.3) is 5.91 Å². The first-order valence-electron chi connectivity index (χ1n) is 8.65. The third-order valence-electron chi connectivity index (χ3n) is 4.02. The molecule has 1 N–H and O–H groups in total. The van der Waals surface area contributed by atoms with E-state index in [0.29, 0.717) is 22.8 Å². The topological polar surface area (TPSA) is 76.9 Å². The van der Waals surface area contributed by atoms with E-state index in [1.54, 1.807) is 23.3 Å². The minimum absolute atomic E-state index is 0.0871. The number of anilines is 1. The van der Waals surface area contributed by atoms with Crippen LogP contribution in [0.2, 0.25) is 0 Å². The predicted molar refractivity (Wildman–Crippen MR) is 108 cm³/mol. The molecule has 0 spiro atoms. The van der Waals surface area contributed by atoms with Gasteiger partial charge in [-0.05, 0) is 35.7 Å². The molecular weight excluding hydrogens is 360 g/mol. The van der Waals surface area contributed by atoms with Gasteiger partial charge in [0.05, 0.1) is 17.5 Å². The molecule has 2 aromatic heterocycles. The van der Waals surface area contributed by atoms with Crippen LogP contribution in [0.25, 0.3) is 5.82 Å². The first-order valence-corrected chi connectivity index (χ1v) is 10.4. The first-order chi connectivity index (χ1) is 13.0. The Bertz CT molecular complexity index is 967. The second-order valence-corrected chi connectivity index (χ2v) is 8.01. The highest BCUT2D eigenvalue weighted by molar-refractivity contribution is 7.83. The van der Waals surface area contributed by atoms with E-state index in [0.717, 1.165) is 11.3 Å². The summed E-state index contributed by atoms with van der Waals surface area (Å²) in [5, 5.41) is 7.30. The smallest absolute Gasteiger partial charge is 0.259 e. The SMILES string of the molecule is CC(C)c1c(C(=O)Nc2cccc(CS(C)=O)c2)cnn1-c1ccccn1. The van der Waals surface area contributed by atoms with E-state index < -0.39 is 10.8 Å². The largest absolute Gasteiger partial charge is 0.322 e. The van der Waals surface area contributed by atoms with E-state index in [4.69, 9.17) is 0 Å².